The van der Waals surface area contributed by atoms with Gasteiger partial charge in [-0.1, -0.05) is 72.8 Å². The van der Waals surface area contributed by atoms with Gasteiger partial charge in [-0.15, -0.1) is 22.7 Å². The SMILES string of the molecule is CNC(C[C@@H](Oc1cccc2sc(C#N)cc12)c1ccccc1)OC(=O)/C=C/C(=O)OC(C[C@@H](Oc1cccc2sc(C#N)cc12)c1ccccc1)NC. The van der Waals surface area contributed by atoms with Crippen LogP contribution in [0.2, 0.25) is 0 Å². The highest BCUT2D eigenvalue weighted by molar-refractivity contribution is 7.19. The van der Waals surface area contributed by atoms with E-state index in [1.54, 1.807) is 14.1 Å². The standard InChI is InChI=1S/C42H36N4O6S2/c1-45-39(23-35(27-11-5-3-6-12-27)49-33-15-9-17-37-31(33)21-29(25-43)53-37)51-41(47)19-20-42(48)52-40(46-2)24-36(28-13-7-4-8-14-28)50-34-16-10-18-38-32(34)22-30(26-44)54-38/h3-22,35-36,39-40,45-46H,23-24H2,1-2H3/b20-19+/t35-,36-,39?,40?/m1/s1. The van der Waals surface area contributed by atoms with Crippen molar-refractivity contribution in [2.75, 3.05) is 14.1 Å². The molecule has 6 aromatic rings. The second-order valence-corrected chi connectivity index (χ2v) is 14.2. The highest BCUT2D eigenvalue weighted by Crippen LogP contribution is 2.37. The van der Waals surface area contributed by atoms with Crippen LogP contribution in [0.1, 0.15) is 45.9 Å². The Labute approximate surface area is 320 Å². The molecule has 0 aliphatic rings. The second kappa shape index (κ2) is 18.1. The van der Waals surface area contributed by atoms with E-state index in [9.17, 15) is 20.1 Å². The third-order valence-corrected chi connectivity index (χ3v) is 10.5. The summed E-state index contributed by atoms with van der Waals surface area (Å²) < 4.78 is 26.3. The van der Waals surface area contributed by atoms with E-state index in [1.807, 2.05) is 109 Å². The van der Waals surface area contributed by atoms with E-state index < -0.39 is 36.6 Å². The van der Waals surface area contributed by atoms with E-state index in [0.29, 0.717) is 21.3 Å². The maximum Gasteiger partial charge on any atom is 0.332 e. The lowest BCUT2D eigenvalue weighted by molar-refractivity contribution is -0.148. The summed E-state index contributed by atoms with van der Waals surface area (Å²) >= 11 is 2.78. The minimum Gasteiger partial charge on any atom is -0.485 e. The van der Waals surface area contributed by atoms with Crippen LogP contribution in [0.4, 0.5) is 0 Å². The molecule has 0 aliphatic carbocycles. The number of thiophene rings is 2. The first-order valence-electron chi connectivity index (χ1n) is 17.1. The molecule has 10 nitrogen and oxygen atoms in total. The highest BCUT2D eigenvalue weighted by atomic mass is 32.1. The first kappa shape index (κ1) is 37.7. The molecule has 2 N–H and O–H groups in total. The predicted molar refractivity (Wildman–Crippen MR) is 209 cm³/mol. The number of carbonyl (C=O) groups is 2. The van der Waals surface area contributed by atoms with Gasteiger partial charge in [0.1, 0.15) is 45.6 Å². The zero-order valence-corrected chi connectivity index (χ0v) is 31.1. The van der Waals surface area contributed by atoms with Crippen molar-refractivity contribution in [1.82, 2.24) is 10.6 Å². The average molecular weight is 757 g/mol. The van der Waals surface area contributed by atoms with Crippen LogP contribution in [0.15, 0.2) is 121 Å². The molecule has 0 radical (unpaired) electrons. The second-order valence-electron chi connectivity index (χ2n) is 12.0. The Kier molecular flexibility index (Phi) is 12.7. The molecule has 12 heteroatoms. The molecule has 0 spiro atoms. The van der Waals surface area contributed by atoms with Gasteiger partial charge in [0.15, 0.2) is 12.5 Å². The van der Waals surface area contributed by atoms with Crippen molar-refractivity contribution in [3.63, 3.8) is 0 Å². The molecule has 4 atom stereocenters. The summed E-state index contributed by atoms with van der Waals surface area (Å²) in [4.78, 5) is 27.1. The minimum absolute atomic E-state index is 0.246. The van der Waals surface area contributed by atoms with Crippen LogP contribution in [0.5, 0.6) is 11.5 Å². The van der Waals surface area contributed by atoms with E-state index in [0.717, 1.165) is 43.5 Å². The van der Waals surface area contributed by atoms with E-state index in [4.69, 9.17) is 18.9 Å². The summed E-state index contributed by atoms with van der Waals surface area (Å²) in [5.41, 5.74) is 1.74. The molecule has 2 unspecified atom stereocenters. The van der Waals surface area contributed by atoms with Crippen molar-refractivity contribution in [3.05, 3.63) is 142 Å². The van der Waals surface area contributed by atoms with Crippen LogP contribution in [-0.4, -0.2) is 38.5 Å². The summed E-state index contributed by atoms with van der Waals surface area (Å²) in [5, 5.41) is 26.6. The van der Waals surface area contributed by atoms with Gasteiger partial charge in [-0.2, -0.15) is 10.5 Å². The van der Waals surface area contributed by atoms with Crippen LogP contribution in [0.3, 0.4) is 0 Å². The molecular weight excluding hydrogens is 721 g/mol. The largest absolute Gasteiger partial charge is 0.485 e. The summed E-state index contributed by atoms with van der Waals surface area (Å²) in [6, 6.07) is 38.5. The van der Waals surface area contributed by atoms with Gasteiger partial charge in [0.2, 0.25) is 0 Å². The van der Waals surface area contributed by atoms with Crippen molar-refractivity contribution in [3.8, 4) is 23.6 Å². The van der Waals surface area contributed by atoms with E-state index in [2.05, 4.69) is 22.8 Å². The van der Waals surface area contributed by atoms with Crippen LogP contribution < -0.4 is 20.1 Å². The highest BCUT2D eigenvalue weighted by Gasteiger charge is 2.25. The number of ether oxygens (including phenoxy) is 4. The number of nitrogens with zero attached hydrogens (tertiary/aromatic N) is 2. The summed E-state index contributed by atoms with van der Waals surface area (Å²) in [7, 11) is 3.33. The third kappa shape index (κ3) is 9.50. The Morgan fingerprint density at radius 3 is 1.41 bits per heavy atom. The number of hydrogen-bond donors (Lipinski definition) is 2. The van der Waals surface area contributed by atoms with Gasteiger partial charge in [-0.25, -0.2) is 9.59 Å². The number of rotatable bonds is 16. The van der Waals surface area contributed by atoms with Gasteiger partial charge in [-0.3, -0.25) is 10.6 Å². The van der Waals surface area contributed by atoms with Gasteiger partial charge in [0.05, 0.1) is 0 Å². The molecule has 2 aromatic heterocycles. The Morgan fingerprint density at radius 2 is 1.04 bits per heavy atom. The summed E-state index contributed by atoms with van der Waals surface area (Å²) in [6.45, 7) is 0. The number of benzene rings is 4. The van der Waals surface area contributed by atoms with Crippen LogP contribution in [0.25, 0.3) is 20.2 Å². The normalized spacial score (nSPS) is 13.4. The summed E-state index contributed by atoms with van der Waals surface area (Å²) in [5.74, 6) is -0.273. The zero-order valence-electron chi connectivity index (χ0n) is 29.4. The molecular formula is C42H36N4O6S2. The quantitative estimate of drug-likeness (QED) is 0.0563. The van der Waals surface area contributed by atoms with Gasteiger partial charge in [-0.05, 0) is 61.6 Å². The fraction of sp³-hybridized carbons (Fsp3) is 0.190. The van der Waals surface area contributed by atoms with Gasteiger partial charge in [0.25, 0.3) is 0 Å². The van der Waals surface area contributed by atoms with E-state index in [-0.39, 0.29) is 12.8 Å². The monoisotopic (exact) mass is 756 g/mol. The molecule has 0 amide bonds. The third-order valence-electron chi connectivity index (χ3n) is 8.52. The predicted octanol–water partition coefficient (Wildman–Crippen LogP) is 8.31. The van der Waals surface area contributed by atoms with Crippen molar-refractivity contribution in [2.24, 2.45) is 0 Å². The number of hydrogen-bond acceptors (Lipinski definition) is 12. The van der Waals surface area contributed by atoms with Crippen molar-refractivity contribution >= 4 is 54.8 Å². The molecule has 6 rings (SSSR count). The fourth-order valence-electron chi connectivity index (χ4n) is 5.86. The lowest BCUT2D eigenvalue weighted by Gasteiger charge is -2.25. The Morgan fingerprint density at radius 1 is 0.630 bits per heavy atom. The van der Waals surface area contributed by atoms with Crippen LogP contribution in [-0.2, 0) is 19.1 Å². The number of nitriles is 2. The molecule has 4 aromatic carbocycles. The zero-order chi connectivity index (χ0) is 37.9. The molecule has 54 heavy (non-hydrogen) atoms. The van der Waals surface area contributed by atoms with Crippen molar-refractivity contribution in [1.29, 1.82) is 10.5 Å². The van der Waals surface area contributed by atoms with Crippen LogP contribution in [0, 0.1) is 22.7 Å². The van der Waals surface area contributed by atoms with E-state index in [1.165, 1.54) is 22.7 Å². The lowest BCUT2D eigenvalue weighted by atomic mass is 10.1. The van der Waals surface area contributed by atoms with Gasteiger partial charge < -0.3 is 18.9 Å². The number of carbonyl (C=O) groups excluding carboxylic acids is 2. The Balaban J connectivity index is 1.10. The number of nitrogens with one attached hydrogen (secondary N) is 2. The first-order valence-corrected chi connectivity index (χ1v) is 18.7. The molecule has 0 fully saturated rings. The first-order chi connectivity index (χ1) is 26.4. The molecule has 0 saturated carbocycles. The number of fused-ring (bicyclic) bond motifs is 2. The topological polar surface area (TPSA) is 143 Å². The van der Waals surface area contributed by atoms with E-state index >= 15 is 0 Å². The Bertz CT molecular complexity index is 2160. The molecule has 0 saturated heterocycles. The molecule has 272 valence electrons. The number of esters is 2. The maximum absolute atomic E-state index is 13.0. The fourth-order valence-corrected chi connectivity index (χ4v) is 7.62. The van der Waals surface area contributed by atoms with Crippen LogP contribution >= 0.6 is 22.7 Å². The minimum atomic E-state index is -0.773. The lowest BCUT2D eigenvalue weighted by Crippen LogP contribution is -2.34. The van der Waals surface area contributed by atoms with Gasteiger partial charge >= 0.3 is 11.9 Å². The smallest absolute Gasteiger partial charge is 0.332 e. The average Bonchev–Trinajstić information content (AvgIpc) is 3.85. The Hall–Kier alpha value is -6.02. The summed E-state index contributed by atoms with van der Waals surface area (Å²) in [6.07, 6.45) is -0.0252. The van der Waals surface area contributed by atoms with Crippen molar-refractivity contribution in [2.45, 2.75) is 37.5 Å². The van der Waals surface area contributed by atoms with Gasteiger partial charge in [0, 0.05) is 45.2 Å². The molecule has 0 bridgehead atoms. The molecule has 2 heterocycles. The molecule has 0 aliphatic heterocycles. The van der Waals surface area contributed by atoms with Crippen molar-refractivity contribution < 1.29 is 28.5 Å². The maximum atomic E-state index is 13.0.